The minimum absolute atomic E-state index is 0. The van der Waals surface area contributed by atoms with Crippen molar-refractivity contribution in [2.45, 2.75) is 4.90 Å². The smallest absolute Gasteiger partial charge is 0.127 e. The van der Waals surface area contributed by atoms with E-state index in [1.54, 1.807) is 11.8 Å². The second-order valence-corrected chi connectivity index (χ2v) is 6.69. The molecular formula is C22H19ClN2OS. The topological polar surface area (TPSA) is 34.2 Å². The number of ether oxygens (including phenoxy) is 1. The number of rotatable bonds is 5. The van der Waals surface area contributed by atoms with Gasteiger partial charge in [-0.05, 0) is 66.9 Å². The van der Waals surface area contributed by atoms with E-state index in [9.17, 15) is 0 Å². The Morgan fingerprint density at radius 2 is 1.59 bits per heavy atom. The molecule has 0 aliphatic heterocycles. The van der Waals surface area contributed by atoms with Gasteiger partial charge in [-0.1, -0.05) is 18.2 Å². The highest BCUT2D eigenvalue weighted by atomic mass is 35.5. The first-order valence-corrected chi connectivity index (χ1v) is 9.57. The van der Waals surface area contributed by atoms with Gasteiger partial charge < -0.3 is 10.1 Å². The van der Waals surface area contributed by atoms with Crippen molar-refractivity contribution in [3.05, 3.63) is 85.1 Å². The molecule has 0 atom stereocenters. The van der Waals surface area contributed by atoms with Crippen molar-refractivity contribution in [1.82, 2.24) is 4.98 Å². The van der Waals surface area contributed by atoms with Gasteiger partial charge in [0.2, 0.25) is 0 Å². The molecule has 0 unspecified atom stereocenters. The fraction of sp³-hybridized carbons (Fsp3) is 0.0455. The van der Waals surface area contributed by atoms with Crippen LogP contribution in [-0.4, -0.2) is 11.2 Å². The van der Waals surface area contributed by atoms with Crippen LogP contribution < -0.4 is 10.1 Å². The summed E-state index contributed by atoms with van der Waals surface area (Å²) in [6, 6.07) is 26.1. The molecule has 0 amide bonds. The number of thioether (sulfide) groups is 1. The Morgan fingerprint density at radius 3 is 2.33 bits per heavy atom. The van der Waals surface area contributed by atoms with Crippen molar-refractivity contribution in [3.63, 3.8) is 0 Å². The molecular weight excluding hydrogens is 376 g/mol. The van der Waals surface area contributed by atoms with E-state index < -0.39 is 0 Å². The maximum atomic E-state index is 5.84. The Balaban J connectivity index is 0.00000210. The molecule has 5 heteroatoms. The van der Waals surface area contributed by atoms with Crippen molar-refractivity contribution < 1.29 is 4.74 Å². The van der Waals surface area contributed by atoms with Gasteiger partial charge in [-0.2, -0.15) is 0 Å². The number of hydrogen-bond acceptors (Lipinski definition) is 4. The summed E-state index contributed by atoms with van der Waals surface area (Å²) in [6.45, 7) is 0. The van der Waals surface area contributed by atoms with Gasteiger partial charge in [0.1, 0.15) is 11.5 Å². The van der Waals surface area contributed by atoms with Gasteiger partial charge in [0.15, 0.2) is 0 Å². The highest BCUT2D eigenvalue weighted by Crippen LogP contribution is 2.30. The number of fused-ring (bicyclic) bond motifs is 1. The van der Waals surface area contributed by atoms with Gasteiger partial charge >= 0.3 is 0 Å². The van der Waals surface area contributed by atoms with E-state index >= 15 is 0 Å². The molecule has 3 aromatic carbocycles. The summed E-state index contributed by atoms with van der Waals surface area (Å²) >= 11 is 1.73. The molecule has 4 rings (SSSR count). The molecule has 1 N–H and O–H groups in total. The molecule has 0 saturated heterocycles. The van der Waals surface area contributed by atoms with Crippen molar-refractivity contribution in [1.29, 1.82) is 0 Å². The van der Waals surface area contributed by atoms with E-state index in [0.29, 0.717) is 0 Å². The summed E-state index contributed by atoms with van der Waals surface area (Å²) < 4.78 is 5.84. The van der Waals surface area contributed by atoms with Crippen molar-refractivity contribution in [2.24, 2.45) is 0 Å². The zero-order valence-corrected chi connectivity index (χ0v) is 16.4. The van der Waals surface area contributed by atoms with Crippen LogP contribution in [-0.2, 0) is 0 Å². The highest BCUT2D eigenvalue weighted by molar-refractivity contribution is 7.98. The average Bonchev–Trinajstić information content (AvgIpc) is 2.70. The fourth-order valence-corrected chi connectivity index (χ4v) is 3.19. The van der Waals surface area contributed by atoms with E-state index in [1.807, 2.05) is 66.9 Å². The van der Waals surface area contributed by atoms with Crippen molar-refractivity contribution in [2.75, 3.05) is 11.6 Å². The van der Waals surface area contributed by atoms with E-state index in [1.165, 1.54) is 4.90 Å². The molecule has 1 aromatic heterocycles. The van der Waals surface area contributed by atoms with Crippen LogP contribution in [0.15, 0.2) is 90.0 Å². The SMILES string of the molecule is CSc1ccc2nccc(Nc3ccc(Oc4ccccc4)cc3)c2c1.Cl. The van der Waals surface area contributed by atoms with Gasteiger partial charge in [0.25, 0.3) is 0 Å². The fourth-order valence-electron chi connectivity index (χ4n) is 2.75. The van der Waals surface area contributed by atoms with Crippen LogP contribution >= 0.6 is 24.2 Å². The number of halogens is 1. The average molecular weight is 395 g/mol. The van der Waals surface area contributed by atoms with Gasteiger partial charge in [0, 0.05) is 27.9 Å². The minimum Gasteiger partial charge on any atom is -0.457 e. The Kier molecular flexibility index (Phi) is 6.22. The summed E-state index contributed by atoms with van der Waals surface area (Å²) in [5.74, 6) is 1.64. The second kappa shape index (κ2) is 8.80. The number of nitrogens with zero attached hydrogens (tertiary/aromatic N) is 1. The Bertz CT molecular complexity index is 1020. The van der Waals surface area contributed by atoms with Crippen molar-refractivity contribution in [3.8, 4) is 11.5 Å². The maximum Gasteiger partial charge on any atom is 0.127 e. The molecule has 0 spiro atoms. The van der Waals surface area contributed by atoms with Crippen LogP contribution in [0.4, 0.5) is 11.4 Å². The number of benzene rings is 3. The molecule has 0 aliphatic rings. The lowest BCUT2D eigenvalue weighted by Crippen LogP contribution is -1.93. The zero-order chi connectivity index (χ0) is 17.8. The monoisotopic (exact) mass is 394 g/mol. The zero-order valence-electron chi connectivity index (χ0n) is 14.8. The Morgan fingerprint density at radius 1 is 0.852 bits per heavy atom. The maximum absolute atomic E-state index is 5.84. The first kappa shape index (κ1) is 19.1. The quantitative estimate of drug-likeness (QED) is 0.373. The van der Waals surface area contributed by atoms with Gasteiger partial charge in [-0.25, -0.2) is 0 Å². The largest absolute Gasteiger partial charge is 0.457 e. The van der Waals surface area contributed by atoms with Crippen LogP contribution in [0.5, 0.6) is 11.5 Å². The summed E-state index contributed by atoms with van der Waals surface area (Å²) in [7, 11) is 0. The van der Waals surface area contributed by atoms with Crippen LogP contribution in [0.25, 0.3) is 10.9 Å². The van der Waals surface area contributed by atoms with Gasteiger partial charge in [-0.15, -0.1) is 24.2 Å². The van der Waals surface area contributed by atoms with Gasteiger partial charge in [0.05, 0.1) is 5.52 Å². The predicted molar refractivity (Wildman–Crippen MR) is 117 cm³/mol. The minimum atomic E-state index is 0. The number of anilines is 2. The lowest BCUT2D eigenvalue weighted by atomic mass is 10.2. The normalized spacial score (nSPS) is 10.3. The first-order valence-electron chi connectivity index (χ1n) is 8.34. The summed E-state index contributed by atoms with van der Waals surface area (Å²) in [4.78, 5) is 5.67. The first-order chi connectivity index (χ1) is 12.8. The van der Waals surface area contributed by atoms with E-state index in [-0.39, 0.29) is 12.4 Å². The highest BCUT2D eigenvalue weighted by Gasteiger charge is 2.04. The molecule has 1 heterocycles. The summed E-state index contributed by atoms with van der Waals surface area (Å²) in [6.07, 6.45) is 3.91. The van der Waals surface area contributed by atoms with Crippen LogP contribution in [0.3, 0.4) is 0 Å². The molecule has 0 aliphatic carbocycles. The third-order valence-electron chi connectivity index (χ3n) is 4.06. The molecule has 27 heavy (non-hydrogen) atoms. The third kappa shape index (κ3) is 4.54. The van der Waals surface area contributed by atoms with Crippen LogP contribution in [0, 0.1) is 0 Å². The molecule has 0 saturated carbocycles. The number of para-hydroxylation sites is 1. The lowest BCUT2D eigenvalue weighted by molar-refractivity contribution is 0.483. The number of hydrogen-bond donors (Lipinski definition) is 1. The van der Waals surface area contributed by atoms with Crippen molar-refractivity contribution >= 4 is 46.4 Å². The number of nitrogens with one attached hydrogen (secondary N) is 1. The Labute approximate surface area is 169 Å². The predicted octanol–water partition coefficient (Wildman–Crippen LogP) is 6.91. The molecule has 136 valence electrons. The van der Waals surface area contributed by atoms with E-state index in [0.717, 1.165) is 33.8 Å². The Hall–Kier alpha value is -2.69. The van der Waals surface area contributed by atoms with E-state index in [4.69, 9.17) is 4.74 Å². The van der Waals surface area contributed by atoms with E-state index in [2.05, 4.69) is 34.8 Å². The summed E-state index contributed by atoms with van der Waals surface area (Å²) in [5.41, 5.74) is 3.03. The molecule has 0 fully saturated rings. The standard InChI is InChI=1S/C22H18N2OS.ClH/c1-26-19-11-12-21-20(15-19)22(13-14-23-21)24-16-7-9-18(10-8-16)25-17-5-3-2-4-6-17;/h2-15H,1H3,(H,23,24);1H. The van der Waals surface area contributed by atoms with Crippen LogP contribution in [0.2, 0.25) is 0 Å². The number of aromatic nitrogens is 1. The molecule has 0 bridgehead atoms. The lowest BCUT2D eigenvalue weighted by Gasteiger charge is -2.11. The molecule has 4 aromatic rings. The van der Waals surface area contributed by atoms with Gasteiger partial charge in [-0.3, -0.25) is 4.98 Å². The molecule has 3 nitrogen and oxygen atoms in total. The second-order valence-electron chi connectivity index (χ2n) is 5.81. The van der Waals surface area contributed by atoms with Crippen LogP contribution in [0.1, 0.15) is 0 Å². The number of pyridine rings is 1. The summed E-state index contributed by atoms with van der Waals surface area (Å²) in [5, 5.41) is 4.60. The molecule has 0 radical (unpaired) electrons. The third-order valence-corrected chi connectivity index (χ3v) is 4.79.